The van der Waals surface area contributed by atoms with Gasteiger partial charge in [0.25, 0.3) is 0 Å². The van der Waals surface area contributed by atoms with Gasteiger partial charge in [-0.2, -0.15) is 0 Å². The molecule has 6 heteroatoms. The van der Waals surface area contributed by atoms with E-state index in [1.54, 1.807) is 24.5 Å². The number of nitrogens with one attached hydrogen (secondary N) is 2. The van der Waals surface area contributed by atoms with Crippen LogP contribution in [0, 0.1) is 0 Å². The van der Waals surface area contributed by atoms with Crippen molar-refractivity contribution in [2.45, 2.75) is 0 Å². The van der Waals surface area contributed by atoms with Crippen LogP contribution in [-0.4, -0.2) is 19.9 Å². The summed E-state index contributed by atoms with van der Waals surface area (Å²) < 4.78 is 0. The van der Waals surface area contributed by atoms with Crippen LogP contribution in [0.15, 0.2) is 34.1 Å². The lowest BCUT2D eigenvalue weighted by atomic mass is 10.2. The maximum absolute atomic E-state index is 11.1. The average Bonchev–Trinajstić information content (AvgIpc) is 2.28. The summed E-state index contributed by atoms with van der Waals surface area (Å²) in [6.45, 7) is 0. The third kappa shape index (κ3) is 1.20. The van der Waals surface area contributed by atoms with Crippen molar-refractivity contribution < 1.29 is 0 Å². The van der Waals surface area contributed by atoms with Gasteiger partial charge in [0, 0.05) is 12.4 Å². The van der Waals surface area contributed by atoms with E-state index in [9.17, 15) is 9.59 Å². The van der Waals surface area contributed by atoms with Crippen molar-refractivity contribution in [1.29, 1.82) is 0 Å². The molecule has 0 saturated heterocycles. The Hall–Kier alpha value is -2.50. The molecule has 1 aromatic carbocycles. The summed E-state index contributed by atoms with van der Waals surface area (Å²) in [5, 5.41) is 0. The third-order valence-electron chi connectivity index (χ3n) is 2.31. The molecule has 0 amide bonds. The van der Waals surface area contributed by atoms with Crippen molar-refractivity contribution in [3.8, 4) is 0 Å². The fourth-order valence-electron chi connectivity index (χ4n) is 1.58. The molecule has 0 unspecified atom stereocenters. The van der Waals surface area contributed by atoms with Crippen LogP contribution in [0.25, 0.3) is 22.1 Å². The molecule has 6 nitrogen and oxygen atoms in total. The minimum atomic E-state index is -0.671. The second-order valence-electron chi connectivity index (χ2n) is 3.35. The number of rotatable bonds is 0. The summed E-state index contributed by atoms with van der Waals surface area (Å²) in [5.74, 6) is 0. The third-order valence-corrected chi connectivity index (χ3v) is 2.31. The van der Waals surface area contributed by atoms with Gasteiger partial charge in [-0.05, 0) is 12.1 Å². The highest BCUT2D eigenvalue weighted by molar-refractivity contribution is 5.90. The zero-order chi connectivity index (χ0) is 11.1. The van der Waals surface area contributed by atoms with Crippen LogP contribution in [0.1, 0.15) is 0 Å². The van der Waals surface area contributed by atoms with Gasteiger partial charge in [-0.1, -0.05) is 0 Å². The van der Waals surface area contributed by atoms with Crippen LogP contribution >= 0.6 is 0 Å². The molecule has 0 spiro atoms. The Kier molecular flexibility index (Phi) is 1.64. The van der Waals surface area contributed by atoms with Crippen LogP contribution < -0.4 is 11.1 Å². The summed E-state index contributed by atoms with van der Waals surface area (Å²) in [4.78, 5) is 35.4. The number of hydrogen-bond acceptors (Lipinski definition) is 4. The molecule has 2 aromatic heterocycles. The predicted octanol–water partition coefficient (Wildman–Crippen LogP) is 0.160. The molecule has 0 aliphatic heterocycles. The molecule has 0 aliphatic rings. The molecule has 3 rings (SSSR count). The van der Waals surface area contributed by atoms with Crippen LogP contribution in [0.5, 0.6) is 0 Å². The van der Waals surface area contributed by atoms with E-state index in [0.29, 0.717) is 22.1 Å². The quantitative estimate of drug-likeness (QED) is 0.412. The van der Waals surface area contributed by atoms with Gasteiger partial charge in [-0.15, -0.1) is 0 Å². The van der Waals surface area contributed by atoms with Crippen LogP contribution in [-0.2, 0) is 0 Å². The van der Waals surface area contributed by atoms with E-state index in [0.717, 1.165) is 0 Å². The predicted molar refractivity (Wildman–Crippen MR) is 58.3 cm³/mol. The Labute approximate surface area is 88.0 Å². The van der Waals surface area contributed by atoms with E-state index in [1.807, 2.05) is 0 Å². The van der Waals surface area contributed by atoms with Gasteiger partial charge < -0.3 is 9.97 Å². The average molecular weight is 214 g/mol. The second kappa shape index (κ2) is 2.99. The first-order valence-electron chi connectivity index (χ1n) is 4.61. The van der Waals surface area contributed by atoms with Crippen molar-refractivity contribution in [3.63, 3.8) is 0 Å². The number of fused-ring (bicyclic) bond motifs is 2. The summed E-state index contributed by atoms with van der Waals surface area (Å²) in [6.07, 6.45) is 3.13. The lowest BCUT2D eigenvalue weighted by Gasteiger charge is -1.99. The van der Waals surface area contributed by atoms with Crippen molar-refractivity contribution in [2.75, 3.05) is 0 Å². The first-order valence-corrected chi connectivity index (χ1v) is 4.61. The number of aromatic nitrogens is 4. The van der Waals surface area contributed by atoms with Crippen LogP contribution in [0.2, 0.25) is 0 Å². The zero-order valence-corrected chi connectivity index (χ0v) is 8.02. The van der Waals surface area contributed by atoms with Crippen molar-refractivity contribution >= 4 is 22.1 Å². The maximum atomic E-state index is 11.1. The van der Waals surface area contributed by atoms with Crippen molar-refractivity contribution in [3.05, 3.63) is 45.2 Å². The molecule has 0 bridgehead atoms. The monoisotopic (exact) mass is 214 g/mol. The van der Waals surface area contributed by atoms with E-state index in [-0.39, 0.29) is 0 Å². The van der Waals surface area contributed by atoms with Crippen molar-refractivity contribution in [2.24, 2.45) is 0 Å². The van der Waals surface area contributed by atoms with Gasteiger partial charge in [-0.25, -0.2) is 0 Å². The number of hydrogen-bond donors (Lipinski definition) is 2. The van der Waals surface area contributed by atoms with Gasteiger partial charge >= 0.3 is 11.1 Å². The van der Waals surface area contributed by atoms with E-state index < -0.39 is 11.1 Å². The smallest absolute Gasteiger partial charge is 0.314 e. The standard InChI is InChI=1S/C10H6N4O2/c15-9-10(16)14-8-4-6-5(3-7(8)13-9)11-1-2-12-6/h1-4H,(H,13,15)(H,14,16). The number of nitrogens with zero attached hydrogens (tertiary/aromatic N) is 2. The lowest BCUT2D eigenvalue weighted by Crippen LogP contribution is -2.28. The molecule has 3 aromatic rings. The molecule has 78 valence electrons. The van der Waals surface area contributed by atoms with Crippen LogP contribution in [0.3, 0.4) is 0 Å². The Morgan fingerprint density at radius 1 is 0.812 bits per heavy atom. The van der Waals surface area contributed by atoms with Gasteiger partial charge in [0.05, 0.1) is 22.1 Å². The minimum absolute atomic E-state index is 0.539. The Bertz CT molecular complexity index is 735. The highest BCUT2D eigenvalue weighted by Gasteiger charge is 2.02. The topological polar surface area (TPSA) is 91.5 Å². The Balaban J connectivity index is 2.56. The summed E-state index contributed by atoms with van der Waals surface area (Å²) in [7, 11) is 0. The summed E-state index contributed by atoms with van der Waals surface area (Å²) in [5.41, 5.74) is 1.07. The second-order valence-corrected chi connectivity index (χ2v) is 3.35. The number of aromatic amines is 2. The van der Waals surface area contributed by atoms with Gasteiger partial charge in [0.15, 0.2) is 0 Å². The van der Waals surface area contributed by atoms with Crippen LogP contribution in [0.4, 0.5) is 0 Å². The SMILES string of the molecule is O=c1[nH]c2cc3nccnc3cc2[nH]c1=O. The normalized spacial score (nSPS) is 11.0. The number of H-pyrrole nitrogens is 2. The molecular weight excluding hydrogens is 208 g/mol. The lowest BCUT2D eigenvalue weighted by molar-refractivity contribution is 1.15. The van der Waals surface area contributed by atoms with Gasteiger partial charge in [0.2, 0.25) is 0 Å². The molecule has 0 fully saturated rings. The zero-order valence-electron chi connectivity index (χ0n) is 8.02. The highest BCUT2D eigenvalue weighted by Crippen LogP contribution is 2.13. The molecule has 16 heavy (non-hydrogen) atoms. The largest absolute Gasteiger partial charge is 0.316 e. The van der Waals surface area contributed by atoms with Gasteiger partial charge in [0.1, 0.15) is 0 Å². The molecule has 0 radical (unpaired) electrons. The molecule has 2 heterocycles. The fraction of sp³-hybridized carbons (Fsp3) is 0. The summed E-state index contributed by atoms with van der Waals surface area (Å²) in [6, 6.07) is 3.35. The summed E-state index contributed by atoms with van der Waals surface area (Å²) >= 11 is 0. The van der Waals surface area contributed by atoms with E-state index in [4.69, 9.17) is 0 Å². The molecule has 0 aliphatic carbocycles. The number of benzene rings is 1. The molecular formula is C10H6N4O2. The first-order chi connectivity index (χ1) is 7.74. The van der Waals surface area contributed by atoms with Crippen molar-refractivity contribution in [1.82, 2.24) is 19.9 Å². The van der Waals surface area contributed by atoms with E-state index in [2.05, 4.69) is 19.9 Å². The Morgan fingerprint density at radius 3 is 1.69 bits per heavy atom. The molecule has 0 atom stereocenters. The van der Waals surface area contributed by atoms with Gasteiger partial charge in [-0.3, -0.25) is 19.6 Å². The molecule has 0 saturated carbocycles. The first kappa shape index (κ1) is 8.78. The maximum Gasteiger partial charge on any atom is 0.314 e. The fourth-order valence-corrected chi connectivity index (χ4v) is 1.58. The van der Waals surface area contributed by atoms with E-state index in [1.165, 1.54) is 0 Å². The highest BCUT2D eigenvalue weighted by atomic mass is 16.2. The Morgan fingerprint density at radius 2 is 1.25 bits per heavy atom. The van der Waals surface area contributed by atoms with E-state index >= 15 is 0 Å². The molecule has 2 N–H and O–H groups in total. The minimum Gasteiger partial charge on any atom is -0.316 e.